The molecule has 3 aromatic rings. The highest BCUT2D eigenvalue weighted by atomic mass is 32.2. The summed E-state index contributed by atoms with van der Waals surface area (Å²) in [6.07, 6.45) is 1.68. The molecule has 0 saturated carbocycles. The zero-order valence-electron chi connectivity index (χ0n) is 15.7. The van der Waals surface area contributed by atoms with Gasteiger partial charge in [0.1, 0.15) is 11.5 Å². The van der Waals surface area contributed by atoms with Gasteiger partial charge in [-0.25, -0.2) is 10.1 Å². The Morgan fingerprint density at radius 1 is 1.11 bits per heavy atom. The molecule has 0 aliphatic rings. The molecule has 0 atom stereocenters. The van der Waals surface area contributed by atoms with Gasteiger partial charge in [0, 0.05) is 5.75 Å². The van der Waals surface area contributed by atoms with Crippen molar-refractivity contribution in [2.24, 2.45) is 5.10 Å². The zero-order valence-corrected chi connectivity index (χ0v) is 16.5. The Bertz CT molecular complexity index is 909. The number of ether oxygens (including phenoxy) is 2. The van der Waals surface area contributed by atoms with Crippen molar-refractivity contribution in [3.63, 3.8) is 0 Å². The number of aromatic nitrogens is 3. The standard InChI is InChI=1S/C19H22N6O2S/c1-3-27-17-10-4-14(5-11-17)12-21-22-18-23-24-19(25(18)20)28-13-15-6-8-16(26-2)9-7-15/h4-12H,3,13,20H2,1-2H3,(H,22,23)/b21-12+. The van der Waals surface area contributed by atoms with Crippen LogP contribution in [0.5, 0.6) is 11.5 Å². The quantitative estimate of drug-likeness (QED) is 0.247. The van der Waals surface area contributed by atoms with Crippen LogP contribution in [0.25, 0.3) is 0 Å². The maximum atomic E-state index is 6.04. The van der Waals surface area contributed by atoms with Gasteiger partial charge in [-0.15, -0.1) is 10.2 Å². The summed E-state index contributed by atoms with van der Waals surface area (Å²) in [5, 5.41) is 12.9. The Labute approximate surface area is 167 Å². The third-order valence-corrected chi connectivity index (χ3v) is 4.78. The van der Waals surface area contributed by atoms with Gasteiger partial charge in [0.25, 0.3) is 5.95 Å². The van der Waals surface area contributed by atoms with Crippen LogP contribution in [-0.4, -0.2) is 34.8 Å². The van der Waals surface area contributed by atoms with Crippen molar-refractivity contribution in [1.29, 1.82) is 0 Å². The van der Waals surface area contributed by atoms with Crippen molar-refractivity contribution < 1.29 is 9.47 Å². The second kappa shape index (κ2) is 9.65. The minimum atomic E-state index is 0.361. The summed E-state index contributed by atoms with van der Waals surface area (Å²) in [4.78, 5) is 0. The smallest absolute Gasteiger partial charge is 0.264 e. The van der Waals surface area contributed by atoms with Crippen molar-refractivity contribution in [3.8, 4) is 11.5 Å². The van der Waals surface area contributed by atoms with Gasteiger partial charge in [0.15, 0.2) is 0 Å². The van der Waals surface area contributed by atoms with E-state index in [2.05, 4.69) is 20.7 Å². The largest absolute Gasteiger partial charge is 0.497 e. The fraction of sp³-hybridized carbons (Fsp3) is 0.211. The van der Waals surface area contributed by atoms with Gasteiger partial charge >= 0.3 is 0 Å². The number of nitrogens with zero attached hydrogens (tertiary/aromatic N) is 4. The Balaban J connectivity index is 1.54. The molecule has 0 amide bonds. The first-order chi connectivity index (χ1) is 13.7. The molecule has 8 nitrogen and oxygen atoms in total. The van der Waals surface area contributed by atoms with Gasteiger partial charge in [0.2, 0.25) is 5.16 Å². The molecule has 0 fully saturated rings. The first-order valence-electron chi connectivity index (χ1n) is 8.67. The van der Waals surface area contributed by atoms with E-state index in [1.807, 2.05) is 55.5 Å². The molecule has 0 saturated heterocycles. The number of nitrogens with two attached hydrogens (primary N) is 1. The molecular weight excluding hydrogens is 376 g/mol. The molecule has 0 unspecified atom stereocenters. The fourth-order valence-electron chi connectivity index (χ4n) is 2.30. The lowest BCUT2D eigenvalue weighted by atomic mass is 10.2. The summed E-state index contributed by atoms with van der Waals surface area (Å²) in [5.74, 6) is 8.77. The van der Waals surface area contributed by atoms with Crippen LogP contribution in [0.3, 0.4) is 0 Å². The number of rotatable bonds is 9. The van der Waals surface area contributed by atoms with Crippen LogP contribution in [-0.2, 0) is 5.75 Å². The Kier molecular flexibility index (Phi) is 6.74. The molecule has 1 heterocycles. The second-order valence-electron chi connectivity index (χ2n) is 5.68. The minimum absolute atomic E-state index is 0.361. The molecule has 9 heteroatoms. The minimum Gasteiger partial charge on any atom is -0.497 e. The SMILES string of the molecule is CCOc1ccc(/C=N/Nc2nnc(SCc3ccc(OC)cc3)n2N)cc1. The summed E-state index contributed by atoms with van der Waals surface area (Å²) in [6.45, 7) is 2.59. The van der Waals surface area contributed by atoms with Gasteiger partial charge in [-0.3, -0.25) is 0 Å². The van der Waals surface area contributed by atoms with E-state index >= 15 is 0 Å². The lowest BCUT2D eigenvalue weighted by Gasteiger charge is -2.04. The third kappa shape index (κ3) is 5.17. The maximum Gasteiger partial charge on any atom is 0.264 e. The molecule has 3 N–H and O–H groups in total. The molecule has 3 rings (SSSR count). The van der Waals surface area contributed by atoms with Gasteiger partial charge in [-0.05, 0) is 54.4 Å². The third-order valence-electron chi connectivity index (χ3n) is 3.76. The van der Waals surface area contributed by atoms with E-state index in [1.54, 1.807) is 13.3 Å². The van der Waals surface area contributed by atoms with Crippen LogP contribution < -0.4 is 20.7 Å². The highest BCUT2D eigenvalue weighted by Crippen LogP contribution is 2.23. The predicted molar refractivity (Wildman–Crippen MR) is 112 cm³/mol. The number of hydrazone groups is 1. The Morgan fingerprint density at radius 2 is 1.82 bits per heavy atom. The molecule has 0 spiro atoms. The number of thioether (sulfide) groups is 1. The summed E-state index contributed by atoms with van der Waals surface area (Å²) in [7, 11) is 1.65. The van der Waals surface area contributed by atoms with E-state index in [-0.39, 0.29) is 0 Å². The van der Waals surface area contributed by atoms with E-state index in [9.17, 15) is 0 Å². The number of hydrogen-bond donors (Lipinski definition) is 2. The van der Waals surface area contributed by atoms with Gasteiger partial charge in [-0.2, -0.15) is 5.10 Å². The molecule has 28 heavy (non-hydrogen) atoms. The summed E-state index contributed by atoms with van der Waals surface area (Å²) < 4.78 is 12.0. The fourth-order valence-corrected chi connectivity index (χ4v) is 3.12. The Hall–Kier alpha value is -3.20. The van der Waals surface area contributed by atoms with Crippen molar-refractivity contribution in [2.45, 2.75) is 17.8 Å². The maximum absolute atomic E-state index is 6.04. The first kappa shape index (κ1) is 19.6. The average Bonchev–Trinajstić information content (AvgIpc) is 3.08. The summed E-state index contributed by atoms with van der Waals surface area (Å²) in [6, 6.07) is 15.5. The highest BCUT2D eigenvalue weighted by molar-refractivity contribution is 7.98. The normalized spacial score (nSPS) is 10.9. The second-order valence-corrected chi connectivity index (χ2v) is 6.63. The van der Waals surface area contributed by atoms with Crippen LogP contribution in [0, 0.1) is 0 Å². The molecule has 0 aliphatic heterocycles. The molecule has 0 aliphatic carbocycles. The van der Waals surface area contributed by atoms with Crippen LogP contribution in [0.15, 0.2) is 58.8 Å². The van der Waals surface area contributed by atoms with E-state index in [0.717, 1.165) is 28.4 Å². The van der Waals surface area contributed by atoms with Crippen molar-refractivity contribution >= 4 is 23.9 Å². The molecule has 0 bridgehead atoms. The van der Waals surface area contributed by atoms with Gasteiger partial charge in [0.05, 0.1) is 19.9 Å². The lowest BCUT2D eigenvalue weighted by Crippen LogP contribution is -2.13. The van der Waals surface area contributed by atoms with Crippen LogP contribution in [0.1, 0.15) is 18.1 Å². The average molecular weight is 398 g/mol. The van der Waals surface area contributed by atoms with Crippen LogP contribution in [0.4, 0.5) is 5.95 Å². The lowest BCUT2D eigenvalue weighted by molar-refractivity contribution is 0.340. The van der Waals surface area contributed by atoms with E-state index < -0.39 is 0 Å². The number of methoxy groups -OCH3 is 1. The number of anilines is 1. The Morgan fingerprint density at radius 3 is 2.50 bits per heavy atom. The monoisotopic (exact) mass is 398 g/mol. The number of nitrogens with one attached hydrogen (secondary N) is 1. The number of hydrogen-bond acceptors (Lipinski definition) is 8. The van der Waals surface area contributed by atoms with Gasteiger partial charge < -0.3 is 15.3 Å². The number of benzene rings is 2. The first-order valence-corrected chi connectivity index (χ1v) is 9.66. The molecular formula is C19H22N6O2S. The van der Waals surface area contributed by atoms with E-state index in [4.69, 9.17) is 15.3 Å². The van der Waals surface area contributed by atoms with Crippen molar-refractivity contribution in [2.75, 3.05) is 25.0 Å². The molecule has 0 radical (unpaired) electrons. The zero-order chi connectivity index (χ0) is 19.8. The molecule has 2 aromatic carbocycles. The number of nitrogen functional groups attached to an aromatic ring is 1. The van der Waals surface area contributed by atoms with Crippen LogP contribution >= 0.6 is 11.8 Å². The van der Waals surface area contributed by atoms with Gasteiger partial charge in [-0.1, -0.05) is 23.9 Å². The van der Waals surface area contributed by atoms with E-state index in [1.165, 1.54) is 16.4 Å². The predicted octanol–water partition coefficient (Wildman–Crippen LogP) is 3.14. The molecule has 1 aromatic heterocycles. The summed E-state index contributed by atoms with van der Waals surface area (Å²) in [5.41, 5.74) is 4.87. The molecule has 146 valence electrons. The van der Waals surface area contributed by atoms with Crippen LogP contribution in [0.2, 0.25) is 0 Å². The highest BCUT2D eigenvalue weighted by Gasteiger charge is 2.09. The summed E-state index contributed by atoms with van der Waals surface area (Å²) >= 11 is 1.49. The topological polar surface area (TPSA) is 99.6 Å². The van der Waals surface area contributed by atoms with Crippen molar-refractivity contribution in [1.82, 2.24) is 14.9 Å². The van der Waals surface area contributed by atoms with E-state index in [0.29, 0.717) is 17.7 Å². The van der Waals surface area contributed by atoms with Crippen molar-refractivity contribution in [3.05, 3.63) is 59.7 Å².